The third kappa shape index (κ3) is 3.59. The largest absolute Gasteiger partial charge is 0.468 e. The zero-order valence-corrected chi connectivity index (χ0v) is 12.2. The quantitative estimate of drug-likeness (QED) is 0.726. The van der Waals surface area contributed by atoms with E-state index in [0.29, 0.717) is 13.0 Å². The zero-order valence-electron chi connectivity index (χ0n) is 12.2. The second kappa shape index (κ2) is 5.36. The van der Waals surface area contributed by atoms with E-state index in [2.05, 4.69) is 0 Å². The average Bonchev–Trinajstić information content (AvgIpc) is 2.29. The van der Waals surface area contributed by atoms with E-state index >= 15 is 0 Å². The lowest BCUT2D eigenvalue weighted by Crippen LogP contribution is -2.56. The second-order valence-electron chi connectivity index (χ2n) is 6.12. The molecule has 1 aliphatic rings. The number of hydrogen-bond acceptors (Lipinski definition) is 5. The molecule has 1 rings (SSSR count). The van der Waals surface area contributed by atoms with Crippen LogP contribution in [0.15, 0.2) is 0 Å². The Hall–Kier alpha value is -1.30. The van der Waals surface area contributed by atoms with Gasteiger partial charge in [0.05, 0.1) is 13.2 Å². The Labute approximate surface area is 113 Å². The molecule has 2 unspecified atom stereocenters. The highest BCUT2D eigenvalue weighted by Gasteiger charge is 2.47. The van der Waals surface area contributed by atoms with Gasteiger partial charge < -0.3 is 19.5 Å². The molecule has 6 heteroatoms. The summed E-state index contributed by atoms with van der Waals surface area (Å²) in [6, 6.07) is 0. The average molecular weight is 273 g/mol. The Kier molecular flexibility index (Phi) is 4.45. The highest BCUT2D eigenvalue weighted by molar-refractivity contribution is 5.79. The first-order valence-electron chi connectivity index (χ1n) is 6.34. The van der Waals surface area contributed by atoms with Gasteiger partial charge in [-0.15, -0.1) is 0 Å². The van der Waals surface area contributed by atoms with Crippen molar-refractivity contribution in [1.82, 2.24) is 4.90 Å². The first-order valence-corrected chi connectivity index (χ1v) is 6.34. The maximum Gasteiger partial charge on any atom is 0.410 e. The number of piperidine rings is 1. The Morgan fingerprint density at radius 2 is 1.95 bits per heavy atom. The molecule has 1 N–H and O–H groups in total. The molecule has 19 heavy (non-hydrogen) atoms. The Balaban J connectivity index is 2.80. The van der Waals surface area contributed by atoms with Crippen molar-refractivity contribution in [1.29, 1.82) is 0 Å². The van der Waals surface area contributed by atoms with Crippen LogP contribution in [0, 0.1) is 5.41 Å². The maximum absolute atomic E-state index is 12.0. The lowest BCUT2D eigenvalue weighted by Gasteiger charge is -2.41. The topological polar surface area (TPSA) is 76.1 Å². The predicted molar refractivity (Wildman–Crippen MR) is 68.6 cm³/mol. The van der Waals surface area contributed by atoms with Crippen molar-refractivity contribution in [2.45, 2.75) is 45.8 Å². The van der Waals surface area contributed by atoms with Crippen LogP contribution in [-0.4, -0.2) is 54.0 Å². The molecule has 2 atom stereocenters. The number of aliphatic hydroxyl groups excluding tert-OH is 1. The van der Waals surface area contributed by atoms with Gasteiger partial charge >= 0.3 is 12.1 Å². The minimum atomic E-state index is -1.11. The van der Waals surface area contributed by atoms with E-state index in [1.165, 1.54) is 12.0 Å². The van der Waals surface area contributed by atoms with Gasteiger partial charge in [-0.25, -0.2) is 4.79 Å². The van der Waals surface area contributed by atoms with Crippen LogP contribution in [0.4, 0.5) is 4.79 Å². The Morgan fingerprint density at radius 3 is 2.42 bits per heavy atom. The van der Waals surface area contributed by atoms with Gasteiger partial charge in [0.2, 0.25) is 0 Å². The van der Waals surface area contributed by atoms with Gasteiger partial charge in [-0.05, 0) is 34.1 Å². The Bertz CT molecular complexity index is 363. The summed E-state index contributed by atoms with van der Waals surface area (Å²) in [5.74, 6) is -0.520. The number of ether oxygens (including phenoxy) is 2. The third-order valence-electron chi connectivity index (χ3n) is 3.23. The minimum Gasteiger partial charge on any atom is -0.468 e. The molecule has 1 heterocycles. The summed E-state index contributed by atoms with van der Waals surface area (Å²) in [6.45, 7) is 7.40. The standard InChI is InChI=1S/C13H23NO5/c1-12(2,3)19-11(17)14-7-6-9(15)13(4,8-14)10(16)18-5/h9,15H,6-8H2,1-5H3. The van der Waals surface area contributed by atoms with Crippen molar-refractivity contribution in [3.8, 4) is 0 Å². The van der Waals surface area contributed by atoms with Crippen molar-refractivity contribution in [2.75, 3.05) is 20.2 Å². The van der Waals surface area contributed by atoms with Crippen LogP contribution in [0.3, 0.4) is 0 Å². The highest BCUT2D eigenvalue weighted by atomic mass is 16.6. The highest BCUT2D eigenvalue weighted by Crippen LogP contribution is 2.32. The van der Waals surface area contributed by atoms with Gasteiger partial charge in [-0.2, -0.15) is 0 Å². The van der Waals surface area contributed by atoms with Gasteiger partial charge in [0, 0.05) is 13.1 Å². The normalized spacial score (nSPS) is 27.9. The summed E-state index contributed by atoms with van der Waals surface area (Å²) in [4.78, 5) is 25.2. The van der Waals surface area contributed by atoms with Gasteiger partial charge in [0.1, 0.15) is 11.0 Å². The Morgan fingerprint density at radius 1 is 1.37 bits per heavy atom. The summed E-state index contributed by atoms with van der Waals surface area (Å²) in [5.41, 5.74) is -1.70. The molecule has 1 saturated heterocycles. The van der Waals surface area contributed by atoms with Crippen molar-refractivity contribution in [2.24, 2.45) is 5.41 Å². The molecule has 0 aromatic carbocycles. The van der Waals surface area contributed by atoms with E-state index in [4.69, 9.17) is 9.47 Å². The van der Waals surface area contributed by atoms with Crippen molar-refractivity contribution in [3.63, 3.8) is 0 Å². The van der Waals surface area contributed by atoms with Crippen molar-refractivity contribution >= 4 is 12.1 Å². The van der Waals surface area contributed by atoms with Crippen LogP contribution < -0.4 is 0 Å². The molecular weight excluding hydrogens is 250 g/mol. The number of hydrogen-bond donors (Lipinski definition) is 1. The number of carbonyl (C=O) groups is 2. The molecule has 0 aliphatic carbocycles. The van der Waals surface area contributed by atoms with Crippen LogP contribution >= 0.6 is 0 Å². The summed E-state index contributed by atoms with van der Waals surface area (Å²) < 4.78 is 9.99. The molecule has 6 nitrogen and oxygen atoms in total. The summed E-state index contributed by atoms with van der Waals surface area (Å²) >= 11 is 0. The molecule has 0 saturated carbocycles. The maximum atomic E-state index is 12.0. The summed E-state index contributed by atoms with van der Waals surface area (Å²) in [7, 11) is 1.27. The van der Waals surface area contributed by atoms with Crippen LogP contribution in [0.2, 0.25) is 0 Å². The molecule has 110 valence electrons. The smallest absolute Gasteiger partial charge is 0.410 e. The lowest BCUT2D eigenvalue weighted by molar-refractivity contribution is -0.164. The van der Waals surface area contributed by atoms with Crippen LogP contribution in [0.1, 0.15) is 34.1 Å². The minimum absolute atomic E-state index is 0.0930. The van der Waals surface area contributed by atoms with E-state index in [-0.39, 0.29) is 6.54 Å². The fraction of sp³-hybridized carbons (Fsp3) is 0.846. The van der Waals surface area contributed by atoms with Gasteiger partial charge in [0.25, 0.3) is 0 Å². The fourth-order valence-corrected chi connectivity index (χ4v) is 2.09. The van der Waals surface area contributed by atoms with Crippen LogP contribution in [0.5, 0.6) is 0 Å². The van der Waals surface area contributed by atoms with Crippen LogP contribution in [-0.2, 0) is 14.3 Å². The fourth-order valence-electron chi connectivity index (χ4n) is 2.09. The molecule has 1 fully saturated rings. The van der Waals surface area contributed by atoms with E-state index in [1.807, 2.05) is 0 Å². The number of esters is 1. The molecule has 1 aliphatic heterocycles. The zero-order chi connectivity index (χ0) is 14.8. The number of methoxy groups -OCH3 is 1. The molecule has 0 spiro atoms. The first kappa shape index (κ1) is 15.8. The number of likely N-dealkylation sites (tertiary alicyclic amines) is 1. The van der Waals surface area contributed by atoms with Gasteiger partial charge in [0.15, 0.2) is 0 Å². The first-order chi connectivity index (χ1) is 8.60. The van der Waals surface area contributed by atoms with E-state index < -0.39 is 29.2 Å². The summed E-state index contributed by atoms with van der Waals surface area (Å²) in [6.07, 6.45) is -0.974. The molecule has 0 bridgehead atoms. The number of nitrogens with zero attached hydrogens (tertiary/aromatic N) is 1. The third-order valence-corrected chi connectivity index (χ3v) is 3.23. The summed E-state index contributed by atoms with van der Waals surface area (Å²) in [5, 5.41) is 9.98. The van der Waals surface area contributed by atoms with E-state index in [1.54, 1.807) is 27.7 Å². The molecule has 0 radical (unpaired) electrons. The molecule has 0 aromatic rings. The molecular formula is C13H23NO5. The van der Waals surface area contributed by atoms with Gasteiger partial charge in [-0.1, -0.05) is 0 Å². The molecule has 1 amide bonds. The number of rotatable bonds is 1. The lowest BCUT2D eigenvalue weighted by atomic mass is 9.79. The number of amides is 1. The van der Waals surface area contributed by atoms with Crippen molar-refractivity contribution < 1.29 is 24.2 Å². The van der Waals surface area contributed by atoms with Gasteiger partial charge in [-0.3, -0.25) is 4.79 Å². The second-order valence-corrected chi connectivity index (χ2v) is 6.12. The van der Waals surface area contributed by atoms with E-state index in [9.17, 15) is 14.7 Å². The monoisotopic (exact) mass is 273 g/mol. The number of carbonyl (C=O) groups excluding carboxylic acids is 2. The van der Waals surface area contributed by atoms with E-state index in [0.717, 1.165) is 0 Å². The van der Waals surface area contributed by atoms with Crippen molar-refractivity contribution in [3.05, 3.63) is 0 Å². The van der Waals surface area contributed by atoms with Crippen LogP contribution in [0.25, 0.3) is 0 Å². The number of aliphatic hydroxyl groups is 1. The predicted octanol–water partition coefficient (Wildman–Crippen LogP) is 1.17. The SMILES string of the molecule is COC(=O)C1(C)CN(C(=O)OC(C)(C)C)CCC1O. The molecule has 0 aromatic heterocycles.